The van der Waals surface area contributed by atoms with Gasteiger partial charge < -0.3 is 39.1 Å². The molecule has 7 nitrogen and oxygen atoms in total. The van der Waals surface area contributed by atoms with Crippen molar-refractivity contribution >= 4 is 23.0 Å². The number of amides is 1. The molecule has 0 saturated carbocycles. The summed E-state index contributed by atoms with van der Waals surface area (Å²) in [6.07, 6.45) is 1.21. The van der Waals surface area contributed by atoms with Crippen LogP contribution >= 0.6 is 0 Å². The third kappa shape index (κ3) is 6.15. The van der Waals surface area contributed by atoms with Crippen molar-refractivity contribution in [1.82, 2.24) is 10.4 Å². The van der Waals surface area contributed by atoms with Gasteiger partial charge in [0.15, 0.2) is 12.7 Å². The number of carboxylic acids is 1. The molecule has 0 spiro atoms. The highest BCUT2D eigenvalue weighted by atomic mass is 127. The lowest BCUT2D eigenvalue weighted by Gasteiger charge is -2.13. The number of hydrogen-bond donors (Lipinski definition) is 2. The quantitative estimate of drug-likeness (QED) is 0.336. The summed E-state index contributed by atoms with van der Waals surface area (Å²) in [5.41, 5.74) is 1.65. The summed E-state index contributed by atoms with van der Waals surface area (Å²) in [5, 5.41) is 17.2. The van der Waals surface area contributed by atoms with Crippen LogP contribution < -0.4 is 34.0 Å². The molecular formula is C20H20IN3O4. The molecule has 0 aliphatic heterocycles. The van der Waals surface area contributed by atoms with Gasteiger partial charge in [0, 0.05) is 23.0 Å². The zero-order valence-corrected chi connectivity index (χ0v) is 17.2. The number of nitrogens with one attached hydrogen (secondary N) is 1. The van der Waals surface area contributed by atoms with Crippen LogP contribution in [-0.4, -0.2) is 28.3 Å². The van der Waals surface area contributed by atoms with Gasteiger partial charge in [-0.15, -0.1) is 0 Å². The monoisotopic (exact) mass is 493 g/mol. The molecule has 3 rings (SSSR count). The first kappa shape index (κ1) is 21.5. The van der Waals surface area contributed by atoms with Gasteiger partial charge in [0.1, 0.15) is 18.2 Å². The lowest BCUT2D eigenvalue weighted by molar-refractivity contribution is -0.752. The molecule has 1 aromatic heterocycles. The van der Waals surface area contributed by atoms with Crippen molar-refractivity contribution in [1.29, 1.82) is 0 Å². The summed E-state index contributed by atoms with van der Waals surface area (Å²) in [4.78, 5) is 23.3. The lowest BCUT2D eigenvalue weighted by atomic mass is 10.2. The number of aryl methyl sites for hydroxylation is 1. The van der Waals surface area contributed by atoms with E-state index in [1.54, 1.807) is 10.9 Å². The summed E-state index contributed by atoms with van der Waals surface area (Å²) >= 11 is 0. The fraction of sp³-hybridized carbons (Fsp3) is 0.200. The Morgan fingerprint density at radius 1 is 1.07 bits per heavy atom. The minimum absolute atomic E-state index is 0. The maximum absolute atomic E-state index is 11.9. The molecule has 0 aliphatic rings. The first-order valence-corrected chi connectivity index (χ1v) is 8.57. The molecule has 1 amide bonds. The zero-order valence-electron chi connectivity index (χ0n) is 15.0. The van der Waals surface area contributed by atoms with E-state index in [9.17, 15) is 14.7 Å². The van der Waals surface area contributed by atoms with Gasteiger partial charge in [-0.2, -0.15) is 0 Å². The Balaban J connectivity index is 0.00000280. The first-order valence-electron chi connectivity index (χ1n) is 8.57. The van der Waals surface area contributed by atoms with Gasteiger partial charge in [-0.05, 0) is 11.6 Å². The Morgan fingerprint density at radius 2 is 1.79 bits per heavy atom. The molecular weight excluding hydrogens is 473 g/mol. The second kappa shape index (κ2) is 10.5. The molecule has 3 aromatic rings. The number of alkyl carbamates (subject to hydrolysis) is 1. The highest BCUT2D eigenvalue weighted by molar-refractivity contribution is 5.79. The van der Waals surface area contributed by atoms with Crippen molar-refractivity contribution in [2.24, 2.45) is 0 Å². The van der Waals surface area contributed by atoms with E-state index in [2.05, 4.69) is 10.4 Å². The second-order valence-corrected chi connectivity index (χ2v) is 6.02. The molecule has 1 heterocycles. The Labute approximate surface area is 179 Å². The van der Waals surface area contributed by atoms with Crippen molar-refractivity contribution in [2.45, 2.75) is 25.6 Å². The minimum Gasteiger partial charge on any atom is -1.00 e. The molecule has 2 aromatic carbocycles. The number of halogens is 1. The largest absolute Gasteiger partial charge is 1.00 e. The van der Waals surface area contributed by atoms with Crippen LogP contribution in [-0.2, 0) is 22.7 Å². The number of ether oxygens (including phenoxy) is 1. The van der Waals surface area contributed by atoms with E-state index in [4.69, 9.17) is 4.74 Å². The molecule has 1 atom stereocenters. The molecule has 1 unspecified atom stereocenters. The van der Waals surface area contributed by atoms with E-state index in [1.165, 1.54) is 0 Å². The number of aliphatic carboxylic acids is 1. The Morgan fingerprint density at radius 3 is 2.54 bits per heavy atom. The highest BCUT2D eigenvalue weighted by Crippen LogP contribution is 2.07. The number of carbonyl (C=O) groups excluding carboxylic acids is 1. The normalized spacial score (nSPS) is 11.3. The predicted octanol–water partition coefficient (Wildman–Crippen LogP) is -0.704. The number of rotatable bonds is 7. The van der Waals surface area contributed by atoms with Crippen molar-refractivity contribution in [3.05, 3.63) is 72.4 Å². The Kier molecular flexibility index (Phi) is 8.12. The molecule has 0 aliphatic carbocycles. The summed E-state index contributed by atoms with van der Waals surface area (Å²) < 4.78 is 6.74. The van der Waals surface area contributed by atoms with E-state index in [0.29, 0.717) is 6.54 Å². The summed E-state index contributed by atoms with van der Waals surface area (Å²) in [6, 6.07) is 17.7. The van der Waals surface area contributed by atoms with Crippen LogP contribution in [0.25, 0.3) is 10.9 Å². The SMILES string of the molecule is O=C(NC(CC[n+]1ccc2ccccc2n1)C(=O)O)OCc1ccccc1.[I-]. The standard InChI is InChI=1S/C20H19N3O4.HI/c24-19(25)18(21-20(26)27-14-15-6-2-1-3-7-15)11-13-23-12-10-16-8-4-5-9-17(16)22-23;/h1-10,12,18H,11,13-14H2,(H-,21,24,25,26);1H. The van der Waals surface area contributed by atoms with E-state index < -0.39 is 18.1 Å². The Hall–Kier alpha value is -2.75. The van der Waals surface area contributed by atoms with Crippen LogP contribution in [0.3, 0.4) is 0 Å². The summed E-state index contributed by atoms with van der Waals surface area (Å²) in [5.74, 6) is -1.12. The van der Waals surface area contributed by atoms with Gasteiger partial charge in [-0.1, -0.05) is 53.2 Å². The number of aromatic nitrogens is 2. The lowest BCUT2D eigenvalue weighted by Crippen LogP contribution is -3.00. The third-order valence-electron chi connectivity index (χ3n) is 4.05. The van der Waals surface area contributed by atoms with Crippen LogP contribution in [0, 0.1) is 0 Å². The van der Waals surface area contributed by atoms with Crippen molar-refractivity contribution in [3.8, 4) is 0 Å². The fourth-order valence-electron chi connectivity index (χ4n) is 2.61. The van der Waals surface area contributed by atoms with E-state index in [-0.39, 0.29) is 37.0 Å². The smallest absolute Gasteiger partial charge is 0.408 e. The topological polar surface area (TPSA) is 92.4 Å². The summed E-state index contributed by atoms with van der Waals surface area (Å²) in [7, 11) is 0. The molecule has 8 heteroatoms. The van der Waals surface area contributed by atoms with Gasteiger partial charge in [0.25, 0.3) is 0 Å². The van der Waals surface area contributed by atoms with Crippen LogP contribution in [0.5, 0.6) is 0 Å². The van der Waals surface area contributed by atoms with E-state index in [1.807, 2.05) is 60.7 Å². The van der Waals surface area contributed by atoms with Gasteiger partial charge in [0.05, 0.1) is 0 Å². The first-order chi connectivity index (χ1) is 13.1. The maximum atomic E-state index is 11.9. The molecule has 2 N–H and O–H groups in total. The minimum atomic E-state index is -1.12. The van der Waals surface area contributed by atoms with Crippen molar-refractivity contribution in [2.75, 3.05) is 0 Å². The predicted molar refractivity (Wildman–Crippen MR) is 97.7 cm³/mol. The molecule has 28 heavy (non-hydrogen) atoms. The summed E-state index contributed by atoms with van der Waals surface area (Å²) in [6.45, 7) is 0.431. The molecule has 0 bridgehead atoms. The number of fused-ring (bicyclic) bond motifs is 1. The van der Waals surface area contributed by atoms with E-state index in [0.717, 1.165) is 16.5 Å². The average Bonchev–Trinajstić information content (AvgIpc) is 2.70. The molecule has 0 saturated heterocycles. The van der Waals surface area contributed by atoms with Crippen molar-refractivity contribution < 1.29 is 48.1 Å². The van der Waals surface area contributed by atoms with Crippen LogP contribution in [0.1, 0.15) is 12.0 Å². The zero-order chi connectivity index (χ0) is 19.1. The number of carbonyl (C=O) groups is 2. The van der Waals surface area contributed by atoms with Gasteiger partial charge in [-0.25, -0.2) is 9.59 Å². The average molecular weight is 493 g/mol. The van der Waals surface area contributed by atoms with Crippen LogP contribution in [0.4, 0.5) is 4.79 Å². The number of hydrogen-bond acceptors (Lipinski definition) is 4. The van der Waals surface area contributed by atoms with Gasteiger partial charge in [-0.3, -0.25) is 0 Å². The number of nitrogens with zero attached hydrogens (tertiary/aromatic N) is 2. The van der Waals surface area contributed by atoms with Crippen LogP contribution in [0.15, 0.2) is 66.9 Å². The van der Waals surface area contributed by atoms with Gasteiger partial charge in [0.2, 0.25) is 0 Å². The Bertz CT molecular complexity index is 937. The fourth-order valence-corrected chi connectivity index (χ4v) is 2.61. The van der Waals surface area contributed by atoms with Gasteiger partial charge >= 0.3 is 12.1 Å². The van der Waals surface area contributed by atoms with Crippen molar-refractivity contribution in [3.63, 3.8) is 0 Å². The molecule has 146 valence electrons. The number of carboxylic acid groups (broad SMARTS) is 1. The maximum Gasteiger partial charge on any atom is 0.408 e. The van der Waals surface area contributed by atoms with Crippen LogP contribution in [0.2, 0.25) is 0 Å². The molecule has 0 radical (unpaired) electrons. The second-order valence-electron chi connectivity index (χ2n) is 6.02. The molecule has 0 fully saturated rings. The number of benzene rings is 2. The highest BCUT2D eigenvalue weighted by Gasteiger charge is 2.23. The van der Waals surface area contributed by atoms with E-state index >= 15 is 0 Å². The third-order valence-corrected chi connectivity index (χ3v) is 4.05.